The predicted octanol–water partition coefficient (Wildman–Crippen LogP) is 3.55. The van der Waals surface area contributed by atoms with Crippen LogP contribution in [0.5, 0.6) is 0 Å². The van der Waals surface area contributed by atoms with E-state index in [-0.39, 0.29) is 37.2 Å². The fourth-order valence-corrected chi connectivity index (χ4v) is 3.61. The maximum absolute atomic E-state index is 12.7. The molecule has 6 nitrogen and oxygen atoms in total. The number of halogens is 2. The van der Waals surface area contributed by atoms with Crippen LogP contribution in [0.3, 0.4) is 0 Å². The molecule has 8 heteroatoms. The van der Waals surface area contributed by atoms with Gasteiger partial charge in [0.05, 0.1) is 18.2 Å². The summed E-state index contributed by atoms with van der Waals surface area (Å²) in [7, 11) is 1.57. The zero-order valence-electron chi connectivity index (χ0n) is 15.2. The molecule has 0 radical (unpaired) electrons. The number of para-hydroxylation sites is 1. The molecule has 1 atom stereocenters. The highest BCUT2D eigenvalue weighted by Gasteiger charge is 2.36. The van der Waals surface area contributed by atoms with Gasteiger partial charge in [-0.25, -0.2) is 0 Å². The zero-order valence-corrected chi connectivity index (χ0v) is 17.5. The summed E-state index contributed by atoms with van der Waals surface area (Å²) in [5.41, 5.74) is 1.34. The van der Waals surface area contributed by atoms with E-state index in [1.165, 1.54) is 4.90 Å². The smallest absolute Gasteiger partial charge is 0.244 e. The van der Waals surface area contributed by atoms with Crippen LogP contribution in [0.1, 0.15) is 6.42 Å². The summed E-state index contributed by atoms with van der Waals surface area (Å²) in [5.74, 6) is -1.13. The number of hydrogen-bond acceptors (Lipinski definition) is 3. The zero-order chi connectivity index (χ0) is 20.3. The van der Waals surface area contributed by atoms with Crippen LogP contribution >= 0.6 is 27.5 Å². The third-order valence-corrected chi connectivity index (χ3v) is 5.46. The lowest BCUT2D eigenvalue weighted by atomic mass is 10.1. The maximum Gasteiger partial charge on any atom is 0.244 e. The number of carbonyl (C=O) groups excluding carboxylic acids is 3. The molecule has 0 saturated carbocycles. The van der Waals surface area contributed by atoms with E-state index in [1.54, 1.807) is 42.3 Å². The molecule has 2 aromatic rings. The topological polar surface area (TPSA) is 69.7 Å². The number of anilines is 2. The van der Waals surface area contributed by atoms with Gasteiger partial charge in [-0.05, 0) is 52.3 Å². The minimum Gasteiger partial charge on any atom is -0.336 e. The van der Waals surface area contributed by atoms with Crippen LogP contribution in [0.4, 0.5) is 11.4 Å². The van der Waals surface area contributed by atoms with Gasteiger partial charge in [-0.2, -0.15) is 0 Å². The van der Waals surface area contributed by atoms with Crippen molar-refractivity contribution in [2.45, 2.75) is 6.42 Å². The Morgan fingerprint density at radius 1 is 1.21 bits per heavy atom. The molecule has 1 N–H and O–H groups in total. The van der Waals surface area contributed by atoms with Crippen molar-refractivity contribution < 1.29 is 14.4 Å². The van der Waals surface area contributed by atoms with Gasteiger partial charge in [0, 0.05) is 35.2 Å². The van der Waals surface area contributed by atoms with E-state index in [0.29, 0.717) is 16.4 Å². The fraction of sp³-hybridized carbons (Fsp3) is 0.250. The van der Waals surface area contributed by atoms with E-state index in [2.05, 4.69) is 21.2 Å². The molecular weight excluding hydrogens is 446 g/mol. The van der Waals surface area contributed by atoms with Crippen LogP contribution in [0.15, 0.2) is 53.0 Å². The molecule has 2 aromatic carbocycles. The van der Waals surface area contributed by atoms with E-state index < -0.39 is 5.92 Å². The molecule has 3 amide bonds. The molecule has 0 aromatic heterocycles. The van der Waals surface area contributed by atoms with Crippen molar-refractivity contribution in [2.75, 3.05) is 30.4 Å². The number of nitrogens with one attached hydrogen (secondary N) is 1. The Morgan fingerprint density at radius 2 is 1.89 bits per heavy atom. The van der Waals surface area contributed by atoms with E-state index in [9.17, 15) is 14.4 Å². The predicted molar refractivity (Wildman–Crippen MR) is 112 cm³/mol. The van der Waals surface area contributed by atoms with E-state index in [0.717, 1.165) is 4.47 Å². The Hall–Kier alpha value is -2.38. The van der Waals surface area contributed by atoms with Crippen LogP contribution in [0.2, 0.25) is 5.02 Å². The molecule has 0 aliphatic carbocycles. The van der Waals surface area contributed by atoms with Gasteiger partial charge in [-0.15, -0.1) is 0 Å². The normalized spacial score (nSPS) is 16.2. The van der Waals surface area contributed by atoms with Gasteiger partial charge in [0.2, 0.25) is 17.7 Å². The average molecular weight is 465 g/mol. The first-order chi connectivity index (χ1) is 13.3. The first kappa shape index (κ1) is 20.4. The maximum atomic E-state index is 12.7. The van der Waals surface area contributed by atoms with Gasteiger partial charge in [0.15, 0.2) is 0 Å². The van der Waals surface area contributed by atoms with Crippen molar-refractivity contribution in [1.29, 1.82) is 0 Å². The summed E-state index contributed by atoms with van der Waals surface area (Å²) in [6.07, 6.45) is 0.123. The number of nitrogens with zero attached hydrogens (tertiary/aromatic N) is 2. The molecule has 28 heavy (non-hydrogen) atoms. The molecule has 1 fully saturated rings. The lowest BCUT2D eigenvalue weighted by Gasteiger charge is -2.21. The number of hydrogen-bond donors (Lipinski definition) is 1. The SMILES string of the molecule is CN(CC(=O)Nc1ccccc1Br)C(=O)C1CC(=O)N(c2ccc(Cl)cc2)C1. The lowest BCUT2D eigenvalue weighted by molar-refractivity contribution is -0.137. The summed E-state index contributed by atoms with van der Waals surface area (Å²) in [4.78, 5) is 40.2. The molecule has 1 heterocycles. The summed E-state index contributed by atoms with van der Waals surface area (Å²) < 4.78 is 0.761. The van der Waals surface area contributed by atoms with E-state index in [1.807, 2.05) is 18.2 Å². The first-order valence-electron chi connectivity index (χ1n) is 8.70. The molecule has 1 aliphatic rings. The van der Waals surface area contributed by atoms with E-state index in [4.69, 9.17) is 11.6 Å². The highest BCUT2D eigenvalue weighted by molar-refractivity contribution is 9.10. The number of benzene rings is 2. The standard InChI is InChI=1S/C20H19BrClN3O3/c1-24(12-18(26)23-17-5-3-2-4-16(17)21)20(28)13-10-19(27)25(11-13)15-8-6-14(22)7-9-15/h2-9,13H,10-12H2,1H3,(H,23,26). The first-order valence-corrected chi connectivity index (χ1v) is 9.87. The van der Waals surface area contributed by atoms with Crippen molar-refractivity contribution >= 4 is 56.6 Å². The minimum atomic E-state index is -0.482. The Morgan fingerprint density at radius 3 is 2.57 bits per heavy atom. The highest BCUT2D eigenvalue weighted by Crippen LogP contribution is 2.27. The van der Waals surface area contributed by atoms with Crippen LogP contribution in [0.25, 0.3) is 0 Å². The second-order valence-electron chi connectivity index (χ2n) is 6.60. The van der Waals surface area contributed by atoms with Gasteiger partial charge in [-0.1, -0.05) is 23.7 Å². The van der Waals surface area contributed by atoms with Crippen LogP contribution in [-0.4, -0.2) is 42.8 Å². The average Bonchev–Trinajstić information content (AvgIpc) is 3.05. The van der Waals surface area contributed by atoms with Crippen molar-refractivity contribution in [2.24, 2.45) is 5.92 Å². The summed E-state index contributed by atoms with van der Waals surface area (Å²) >= 11 is 9.25. The third kappa shape index (κ3) is 4.72. The third-order valence-electron chi connectivity index (χ3n) is 4.52. The highest BCUT2D eigenvalue weighted by atomic mass is 79.9. The Labute approximate surface area is 176 Å². The Bertz CT molecular complexity index is 904. The van der Waals surface area contributed by atoms with Crippen molar-refractivity contribution in [3.05, 3.63) is 58.0 Å². The molecular formula is C20H19BrClN3O3. The molecule has 1 aliphatic heterocycles. The molecule has 1 unspecified atom stereocenters. The van der Waals surface area contributed by atoms with Crippen LogP contribution < -0.4 is 10.2 Å². The van der Waals surface area contributed by atoms with Crippen molar-refractivity contribution in [3.63, 3.8) is 0 Å². The van der Waals surface area contributed by atoms with Gasteiger partial charge < -0.3 is 15.1 Å². The molecule has 146 valence electrons. The van der Waals surface area contributed by atoms with Gasteiger partial charge >= 0.3 is 0 Å². The number of likely N-dealkylation sites (N-methyl/N-ethyl adjacent to an activating group) is 1. The number of amides is 3. The van der Waals surface area contributed by atoms with Gasteiger partial charge in [0.1, 0.15) is 0 Å². The van der Waals surface area contributed by atoms with Crippen LogP contribution in [0, 0.1) is 5.92 Å². The second-order valence-corrected chi connectivity index (χ2v) is 7.89. The molecule has 0 spiro atoms. The molecule has 0 bridgehead atoms. The van der Waals surface area contributed by atoms with Gasteiger partial charge in [-0.3, -0.25) is 14.4 Å². The van der Waals surface area contributed by atoms with Crippen LogP contribution in [-0.2, 0) is 14.4 Å². The van der Waals surface area contributed by atoms with Gasteiger partial charge in [0.25, 0.3) is 0 Å². The number of rotatable bonds is 5. The minimum absolute atomic E-state index is 0.0915. The second kappa shape index (κ2) is 8.75. The van der Waals surface area contributed by atoms with Crippen molar-refractivity contribution in [3.8, 4) is 0 Å². The largest absolute Gasteiger partial charge is 0.336 e. The summed E-state index contributed by atoms with van der Waals surface area (Å²) in [6, 6.07) is 14.2. The quantitative estimate of drug-likeness (QED) is 0.736. The summed E-state index contributed by atoms with van der Waals surface area (Å²) in [5, 5.41) is 3.35. The molecule has 3 rings (SSSR count). The lowest BCUT2D eigenvalue weighted by Crippen LogP contribution is -2.39. The fourth-order valence-electron chi connectivity index (χ4n) is 3.10. The summed E-state index contributed by atoms with van der Waals surface area (Å²) in [6.45, 7) is 0.196. The monoisotopic (exact) mass is 463 g/mol. The van der Waals surface area contributed by atoms with E-state index >= 15 is 0 Å². The Kier molecular flexibility index (Phi) is 6.36. The number of carbonyl (C=O) groups is 3. The van der Waals surface area contributed by atoms with Crippen molar-refractivity contribution in [1.82, 2.24) is 4.90 Å². The Balaban J connectivity index is 1.59. The molecule has 1 saturated heterocycles.